The lowest BCUT2D eigenvalue weighted by Crippen LogP contribution is -2.38. The molecule has 2 rings (SSSR count). The van der Waals surface area contributed by atoms with Gasteiger partial charge in [-0.05, 0) is 23.8 Å². The second kappa shape index (κ2) is 5.32. The minimum atomic E-state index is -0.147. The van der Waals surface area contributed by atoms with Crippen LogP contribution in [0.2, 0.25) is 0 Å². The normalized spacial score (nSPS) is 12.9. The smallest absolute Gasteiger partial charge is 0.179 e. The number of carbonyl (C=O) groups is 1. The van der Waals surface area contributed by atoms with E-state index >= 15 is 0 Å². The molecule has 18 heavy (non-hydrogen) atoms. The van der Waals surface area contributed by atoms with Crippen LogP contribution in [0.15, 0.2) is 42.5 Å². The van der Waals surface area contributed by atoms with E-state index in [0.717, 1.165) is 10.9 Å². The van der Waals surface area contributed by atoms with Crippen molar-refractivity contribution in [2.45, 2.75) is 32.9 Å². The Hall–Kier alpha value is -1.67. The number of benzene rings is 2. The monoisotopic (exact) mass is 241 g/mol. The summed E-state index contributed by atoms with van der Waals surface area (Å²) >= 11 is 0. The van der Waals surface area contributed by atoms with E-state index in [1.54, 1.807) is 0 Å². The molecule has 0 amide bonds. The molecule has 0 heterocycles. The lowest BCUT2D eigenvalue weighted by molar-refractivity contribution is 0.0946. The molecule has 0 fully saturated rings. The quantitative estimate of drug-likeness (QED) is 0.831. The third-order valence-corrected chi connectivity index (χ3v) is 3.01. The molecule has 0 saturated carbocycles. The fourth-order valence-corrected chi connectivity index (χ4v) is 2.17. The Morgan fingerprint density at radius 1 is 1.00 bits per heavy atom. The van der Waals surface area contributed by atoms with Crippen molar-refractivity contribution in [3.63, 3.8) is 0 Å². The van der Waals surface area contributed by atoms with E-state index in [1.807, 2.05) is 57.2 Å². The van der Waals surface area contributed by atoms with Gasteiger partial charge in [0.15, 0.2) is 5.78 Å². The van der Waals surface area contributed by atoms with Gasteiger partial charge in [0.25, 0.3) is 0 Å². The Kier molecular flexibility index (Phi) is 3.78. The summed E-state index contributed by atoms with van der Waals surface area (Å²) in [6.07, 6.45) is 0. The summed E-state index contributed by atoms with van der Waals surface area (Å²) < 4.78 is 0. The third-order valence-electron chi connectivity index (χ3n) is 3.01. The number of carbonyl (C=O) groups excluding carboxylic acids is 1. The second-order valence-electron chi connectivity index (χ2n) is 4.97. The second-order valence-corrected chi connectivity index (χ2v) is 4.97. The standard InChI is InChI=1S/C16H19NO/c1-11(2)17-12(3)16(18)15-9-8-13-6-4-5-7-14(13)10-15/h4-12,17H,1-3H3/t12-/m0/s1. The zero-order valence-corrected chi connectivity index (χ0v) is 11.1. The first-order chi connectivity index (χ1) is 8.58. The van der Waals surface area contributed by atoms with Crippen molar-refractivity contribution < 1.29 is 4.79 Å². The molecule has 94 valence electrons. The zero-order valence-electron chi connectivity index (χ0n) is 11.1. The Balaban J connectivity index is 2.28. The van der Waals surface area contributed by atoms with E-state index in [1.165, 1.54) is 5.39 Å². The molecule has 0 saturated heterocycles. The lowest BCUT2D eigenvalue weighted by atomic mass is 10.0. The molecule has 0 aliphatic rings. The van der Waals surface area contributed by atoms with Gasteiger partial charge in [-0.1, -0.05) is 50.2 Å². The maximum atomic E-state index is 12.3. The molecular weight excluding hydrogens is 222 g/mol. The van der Waals surface area contributed by atoms with Crippen molar-refractivity contribution in [2.75, 3.05) is 0 Å². The van der Waals surface area contributed by atoms with Crippen LogP contribution in [-0.2, 0) is 0 Å². The van der Waals surface area contributed by atoms with E-state index in [2.05, 4.69) is 11.4 Å². The summed E-state index contributed by atoms with van der Waals surface area (Å²) in [6.45, 7) is 6.01. The van der Waals surface area contributed by atoms with Crippen molar-refractivity contribution in [1.82, 2.24) is 5.32 Å². The van der Waals surface area contributed by atoms with Gasteiger partial charge in [0.2, 0.25) is 0 Å². The summed E-state index contributed by atoms with van der Waals surface area (Å²) in [6, 6.07) is 14.1. The first-order valence-corrected chi connectivity index (χ1v) is 6.37. The Morgan fingerprint density at radius 2 is 1.67 bits per heavy atom. The maximum Gasteiger partial charge on any atom is 0.179 e. The molecule has 0 unspecified atom stereocenters. The summed E-state index contributed by atoms with van der Waals surface area (Å²) in [5, 5.41) is 5.52. The van der Waals surface area contributed by atoms with Crippen LogP contribution in [0.25, 0.3) is 10.8 Å². The van der Waals surface area contributed by atoms with Crippen LogP contribution < -0.4 is 5.32 Å². The van der Waals surface area contributed by atoms with Crippen molar-refractivity contribution in [3.8, 4) is 0 Å². The predicted octanol–water partition coefficient (Wildman–Crippen LogP) is 3.41. The molecule has 2 aromatic carbocycles. The molecule has 0 aliphatic heterocycles. The Morgan fingerprint density at radius 3 is 2.33 bits per heavy atom. The van der Waals surface area contributed by atoms with Crippen LogP contribution in [0.4, 0.5) is 0 Å². The highest BCUT2D eigenvalue weighted by Gasteiger charge is 2.15. The SMILES string of the molecule is CC(C)N[C@@H](C)C(=O)c1ccc2ccccc2c1. The molecular formula is C16H19NO. The van der Waals surface area contributed by atoms with Crippen molar-refractivity contribution in [1.29, 1.82) is 0 Å². The molecule has 0 spiro atoms. The Bertz CT molecular complexity index is 560. The number of hydrogen-bond acceptors (Lipinski definition) is 2. The van der Waals surface area contributed by atoms with Crippen molar-refractivity contribution >= 4 is 16.6 Å². The molecule has 2 nitrogen and oxygen atoms in total. The molecule has 2 heteroatoms. The zero-order chi connectivity index (χ0) is 13.1. The van der Waals surface area contributed by atoms with Gasteiger partial charge in [-0.2, -0.15) is 0 Å². The van der Waals surface area contributed by atoms with E-state index in [-0.39, 0.29) is 11.8 Å². The third kappa shape index (κ3) is 2.77. The molecule has 1 atom stereocenters. The van der Waals surface area contributed by atoms with Gasteiger partial charge < -0.3 is 5.32 Å². The molecule has 2 aromatic rings. The van der Waals surface area contributed by atoms with Crippen LogP contribution in [-0.4, -0.2) is 17.9 Å². The van der Waals surface area contributed by atoms with Gasteiger partial charge in [0, 0.05) is 11.6 Å². The summed E-state index contributed by atoms with van der Waals surface area (Å²) in [4.78, 5) is 12.3. The first kappa shape index (κ1) is 12.8. The largest absolute Gasteiger partial charge is 0.305 e. The summed E-state index contributed by atoms with van der Waals surface area (Å²) in [7, 11) is 0. The summed E-state index contributed by atoms with van der Waals surface area (Å²) in [5.41, 5.74) is 0.773. The van der Waals surface area contributed by atoms with Gasteiger partial charge in [-0.3, -0.25) is 4.79 Å². The number of hydrogen-bond donors (Lipinski definition) is 1. The van der Waals surface area contributed by atoms with Gasteiger partial charge >= 0.3 is 0 Å². The van der Waals surface area contributed by atoms with Crippen molar-refractivity contribution in [2.24, 2.45) is 0 Å². The highest BCUT2D eigenvalue weighted by atomic mass is 16.1. The average molecular weight is 241 g/mol. The number of nitrogens with one attached hydrogen (secondary N) is 1. The predicted molar refractivity (Wildman–Crippen MR) is 76.0 cm³/mol. The number of fused-ring (bicyclic) bond motifs is 1. The molecule has 1 N–H and O–H groups in total. The van der Waals surface area contributed by atoms with Gasteiger partial charge in [0.1, 0.15) is 0 Å². The van der Waals surface area contributed by atoms with Crippen LogP contribution >= 0.6 is 0 Å². The highest BCUT2D eigenvalue weighted by Crippen LogP contribution is 2.16. The molecule has 0 aromatic heterocycles. The van der Waals surface area contributed by atoms with Crippen LogP contribution in [0.1, 0.15) is 31.1 Å². The van der Waals surface area contributed by atoms with Crippen LogP contribution in [0, 0.1) is 0 Å². The maximum absolute atomic E-state index is 12.3. The first-order valence-electron chi connectivity index (χ1n) is 6.37. The van der Waals surface area contributed by atoms with E-state index in [9.17, 15) is 4.79 Å². The Labute approximate surface area is 108 Å². The minimum absolute atomic E-state index is 0.147. The van der Waals surface area contributed by atoms with Crippen LogP contribution in [0.5, 0.6) is 0 Å². The van der Waals surface area contributed by atoms with Gasteiger partial charge in [-0.25, -0.2) is 0 Å². The number of rotatable bonds is 4. The van der Waals surface area contributed by atoms with Gasteiger partial charge in [0.05, 0.1) is 6.04 Å². The average Bonchev–Trinajstić information content (AvgIpc) is 2.36. The van der Waals surface area contributed by atoms with E-state index in [0.29, 0.717) is 6.04 Å². The molecule has 0 bridgehead atoms. The fraction of sp³-hybridized carbons (Fsp3) is 0.312. The van der Waals surface area contributed by atoms with Gasteiger partial charge in [-0.15, -0.1) is 0 Å². The van der Waals surface area contributed by atoms with Crippen LogP contribution in [0.3, 0.4) is 0 Å². The minimum Gasteiger partial charge on any atom is -0.305 e. The number of ketones is 1. The highest BCUT2D eigenvalue weighted by molar-refractivity contribution is 6.02. The van der Waals surface area contributed by atoms with Crippen molar-refractivity contribution in [3.05, 3.63) is 48.0 Å². The fourth-order valence-electron chi connectivity index (χ4n) is 2.17. The lowest BCUT2D eigenvalue weighted by Gasteiger charge is -2.15. The molecule has 0 aliphatic carbocycles. The summed E-state index contributed by atoms with van der Waals surface area (Å²) in [5.74, 6) is 0.148. The van der Waals surface area contributed by atoms with E-state index in [4.69, 9.17) is 0 Å². The topological polar surface area (TPSA) is 29.1 Å². The number of Topliss-reactive ketones (excluding diaryl/α,β-unsaturated/α-hetero) is 1. The molecule has 0 radical (unpaired) electrons. The van der Waals surface area contributed by atoms with E-state index < -0.39 is 0 Å².